The molecule has 1 fully saturated rings. The molecule has 0 aliphatic carbocycles. The number of nitrogens with one attached hydrogen (secondary N) is 1. The number of methoxy groups -OCH3 is 1. The van der Waals surface area contributed by atoms with Crippen molar-refractivity contribution in [3.8, 4) is 16.9 Å². The maximum atomic E-state index is 12.6. The van der Waals surface area contributed by atoms with E-state index in [1.165, 1.54) is 0 Å². The van der Waals surface area contributed by atoms with Crippen LogP contribution in [0.5, 0.6) is 5.75 Å². The van der Waals surface area contributed by atoms with Crippen LogP contribution < -0.4 is 10.1 Å². The molecule has 4 rings (SSSR count). The molecule has 7 heteroatoms. The minimum atomic E-state index is -0.708. The molecule has 0 atom stereocenters. The first-order valence-electron chi connectivity index (χ1n) is 9.64. The Morgan fingerprint density at radius 3 is 2.55 bits per heavy atom. The summed E-state index contributed by atoms with van der Waals surface area (Å²) in [7, 11) is 1.59. The summed E-state index contributed by atoms with van der Waals surface area (Å²) in [5.41, 5.74) is 2.58. The number of anilines is 1. The Kier molecular flexibility index (Phi) is 5.07. The number of piperidine rings is 1. The SMILES string of the molecule is COc1ccc(-c2ccccc2)c2ncc(NC(=O)N3CCC(C)(O)CC3)nc12. The van der Waals surface area contributed by atoms with E-state index in [-0.39, 0.29) is 6.03 Å². The van der Waals surface area contributed by atoms with Crippen molar-refractivity contribution in [1.29, 1.82) is 0 Å². The molecule has 0 radical (unpaired) electrons. The second kappa shape index (κ2) is 7.67. The Morgan fingerprint density at radius 1 is 1.14 bits per heavy atom. The number of hydrogen-bond acceptors (Lipinski definition) is 5. The van der Waals surface area contributed by atoms with Gasteiger partial charge in [-0.1, -0.05) is 30.3 Å². The van der Waals surface area contributed by atoms with Crippen LogP contribution in [0.1, 0.15) is 19.8 Å². The monoisotopic (exact) mass is 392 g/mol. The molecule has 0 saturated carbocycles. The molecular formula is C22H24N4O3. The molecule has 2 N–H and O–H groups in total. The number of urea groups is 1. The molecule has 0 bridgehead atoms. The van der Waals surface area contributed by atoms with E-state index in [1.807, 2.05) is 42.5 Å². The topological polar surface area (TPSA) is 87.6 Å². The fourth-order valence-corrected chi connectivity index (χ4v) is 3.53. The Hall–Kier alpha value is -3.19. The Labute approximate surface area is 169 Å². The van der Waals surface area contributed by atoms with Gasteiger partial charge in [0.25, 0.3) is 0 Å². The summed E-state index contributed by atoms with van der Waals surface area (Å²) >= 11 is 0. The van der Waals surface area contributed by atoms with Gasteiger partial charge < -0.3 is 14.7 Å². The third-order valence-electron chi connectivity index (χ3n) is 5.33. The molecule has 1 aliphatic heterocycles. The molecule has 0 unspecified atom stereocenters. The molecule has 1 aromatic heterocycles. The van der Waals surface area contributed by atoms with Gasteiger partial charge in [0, 0.05) is 18.7 Å². The summed E-state index contributed by atoms with van der Waals surface area (Å²) in [4.78, 5) is 23.4. The number of carbonyl (C=O) groups excluding carboxylic acids is 1. The fourth-order valence-electron chi connectivity index (χ4n) is 3.53. The first-order valence-corrected chi connectivity index (χ1v) is 9.64. The van der Waals surface area contributed by atoms with Gasteiger partial charge in [0.1, 0.15) is 16.8 Å². The standard InChI is InChI=1S/C22H24N4O3/c1-22(28)10-12-26(13-11-22)21(27)25-18-14-23-19-16(15-6-4-3-5-7-15)8-9-17(29-2)20(19)24-18/h3-9,14,28H,10-13H2,1-2H3,(H,24,25,27). The summed E-state index contributed by atoms with van der Waals surface area (Å²) in [5.74, 6) is 0.959. The van der Waals surface area contributed by atoms with E-state index in [2.05, 4.69) is 15.3 Å². The number of rotatable bonds is 3. The predicted molar refractivity (Wildman–Crippen MR) is 112 cm³/mol. The first kappa shape index (κ1) is 19.1. The summed E-state index contributed by atoms with van der Waals surface area (Å²) in [6.07, 6.45) is 2.67. The fraction of sp³-hybridized carbons (Fsp3) is 0.318. The number of ether oxygens (including phenoxy) is 1. The number of nitrogens with zero attached hydrogens (tertiary/aromatic N) is 3. The van der Waals surface area contributed by atoms with E-state index in [4.69, 9.17) is 4.74 Å². The van der Waals surface area contributed by atoms with Crippen molar-refractivity contribution >= 4 is 22.9 Å². The Balaban J connectivity index is 1.63. The number of carbonyl (C=O) groups is 1. The zero-order chi connectivity index (χ0) is 20.4. The van der Waals surface area contributed by atoms with Crippen molar-refractivity contribution in [3.05, 3.63) is 48.7 Å². The second-order valence-corrected chi connectivity index (χ2v) is 7.55. The number of fused-ring (bicyclic) bond motifs is 1. The predicted octanol–water partition coefficient (Wildman–Crippen LogP) is 3.68. The van der Waals surface area contributed by atoms with Gasteiger partial charge in [-0.15, -0.1) is 0 Å². The minimum Gasteiger partial charge on any atom is -0.494 e. The Morgan fingerprint density at radius 2 is 1.86 bits per heavy atom. The highest BCUT2D eigenvalue weighted by molar-refractivity contribution is 5.96. The third-order valence-corrected chi connectivity index (χ3v) is 5.33. The van der Waals surface area contributed by atoms with Crippen molar-refractivity contribution < 1.29 is 14.6 Å². The highest BCUT2D eigenvalue weighted by Gasteiger charge is 2.29. The molecule has 2 aromatic carbocycles. The van der Waals surface area contributed by atoms with E-state index < -0.39 is 5.60 Å². The van der Waals surface area contributed by atoms with Gasteiger partial charge in [-0.05, 0) is 37.5 Å². The summed E-state index contributed by atoms with van der Waals surface area (Å²) < 4.78 is 5.46. The highest BCUT2D eigenvalue weighted by Crippen LogP contribution is 2.32. The number of hydrogen-bond donors (Lipinski definition) is 2. The van der Waals surface area contributed by atoms with E-state index in [0.29, 0.717) is 48.5 Å². The molecule has 1 aliphatic rings. The average Bonchev–Trinajstić information content (AvgIpc) is 2.73. The maximum Gasteiger partial charge on any atom is 0.323 e. The van der Waals surface area contributed by atoms with Crippen LogP contribution in [0.2, 0.25) is 0 Å². The molecule has 3 aromatic rings. The van der Waals surface area contributed by atoms with Gasteiger partial charge >= 0.3 is 6.03 Å². The lowest BCUT2D eigenvalue weighted by Crippen LogP contribution is -2.46. The van der Waals surface area contributed by atoms with Crippen LogP contribution in [0.4, 0.5) is 10.6 Å². The lowest BCUT2D eigenvalue weighted by atomic mass is 9.94. The van der Waals surface area contributed by atoms with Gasteiger partial charge in [-0.25, -0.2) is 14.8 Å². The zero-order valence-corrected chi connectivity index (χ0v) is 16.6. The van der Waals surface area contributed by atoms with Crippen molar-refractivity contribution in [2.24, 2.45) is 0 Å². The number of benzene rings is 2. The quantitative estimate of drug-likeness (QED) is 0.710. The third kappa shape index (κ3) is 4.00. The number of aliphatic hydroxyl groups is 1. The molecule has 2 heterocycles. The number of likely N-dealkylation sites (tertiary alicyclic amines) is 1. The molecule has 1 saturated heterocycles. The van der Waals surface area contributed by atoms with Crippen molar-refractivity contribution in [1.82, 2.24) is 14.9 Å². The van der Waals surface area contributed by atoms with Crippen LogP contribution >= 0.6 is 0 Å². The van der Waals surface area contributed by atoms with E-state index >= 15 is 0 Å². The van der Waals surface area contributed by atoms with Crippen LogP contribution in [0, 0.1) is 0 Å². The molecule has 29 heavy (non-hydrogen) atoms. The molecule has 2 amide bonds. The number of amides is 2. The molecule has 150 valence electrons. The average molecular weight is 392 g/mol. The van der Waals surface area contributed by atoms with Crippen molar-refractivity contribution in [2.45, 2.75) is 25.4 Å². The van der Waals surface area contributed by atoms with Crippen LogP contribution in [0.15, 0.2) is 48.7 Å². The van der Waals surface area contributed by atoms with E-state index in [0.717, 1.165) is 11.1 Å². The number of aromatic nitrogens is 2. The van der Waals surface area contributed by atoms with Crippen LogP contribution in [-0.2, 0) is 0 Å². The minimum absolute atomic E-state index is 0.243. The first-order chi connectivity index (χ1) is 14.0. The second-order valence-electron chi connectivity index (χ2n) is 7.55. The smallest absolute Gasteiger partial charge is 0.323 e. The van der Waals surface area contributed by atoms with Gasteiger partial charge in [0.15, 0.2) is 5.82 Å². The van der Waals surface area contributed by atoms with Gasteiger partial charge in [0.2, 0.25) is 0 Å². The summed E-state index contributed by atoms with van der Waals surface area (Å²) in [6, 6.07) is 13.5. The molecular weight excluding hydrogens is 368 g/mol. The van der Waals surface area contributed by atoms with Gasteiger partial charge in [-0.3, -0.25) is 5.32 Å². The van der Waals surface area contributed by atoms with Crippen molar-refractivity contribution in [2.75, 3.05) is 25.5 Å². The maximum absolute atomic E-state index is 12.6. The zero-order valence-electron chi connectivity index (χ0n) is 16.6. The molecule has 0 spiro atoms. The van der Waals surface area contributed by atoms with E-state index in [9.17, 15) is 9.90 Å². The van der Waals surface area contributed by atoms with Crippen LogP contribution in [0.3, 0.4) is 0 Å². The highest BCUT2D eigenvalue weighted by atomic mass is 16.5. The van der Waals surface area contributed by atoms with Gasteiger partial charge in [-0.2, -0.15) is 0 Å². The lowest BCUT2D eigenvalue weighted by molar-refractivity contribution is 0.00569. The van der Waals surface area contributed by atoms with Crippen molar-refractivity contribution in [3.63, 3.8) is 0 Å². The van der Waals surface area contributed by atoms with Crippen LogP contribution in [-0.4, -0.2) is 51.8 Å². The largest absolute Gasteiger partial charge is 0.494 e. The summed E-state index contributed by atoms with van der Waals surface area (Å²) in [6.45, 7) is 2.80. The normalized spacial score (nSPS) is 15.9. The van der Waals surface area contributed by atoms with E-state index in [1.54, 1.807) is 25.1 Å². The molecule has 7 nitrogen and oxygen atoms in total. The van der Waals surface area contributed by atoms with Gasteiger partial charge in [0.05, 0.1) is 18.9 Å². The van der Waals surface area contributed by atoms with Crippen LogP contribution in [0.25, 0.3) is 22.2 Å². The summed E-state index contributed by atoms with van der Waals surface area (Å²) in [5, 5.41) is 12.9. The Bertz CT molecular complexity index is 1030. The lowest BCUT2D eigenvalue weighted by Gasteiger charge is -2.35.